The van der Waals surface area contributed by atoms with Gasteiger partial charge in [-0.2, -0.15) is 0 Å². The van der Waals surface area contributed by atoms with Gasteiger partial charge >= 0.3 is 8.25 Å². The van der Waals surface area contributed by atoms with Crippen LogP contribution in [-0.2, 0) is 18.6 Å². The van der Waals surface area contributed by atoms with E-state index >= 15 is 0 Å². The molecule has 0 fully saturated rings. The minimum atomic E-state index is -2.63. The fourth-order valence-corrected chi connectivity index (χ4v) is 1.35. The van der Waals surface area contributed by atoms with Crippen LogP contribution in [0.25, 0.3) is 0 Å². The van der Waals surface area contributed by atoms with E-state index in [1.807, 2.05) is 0 Å². The second-order valence-electron chi connectivity index (χ2n) is 3.29. The van der Waals surface area contributed by atoms with E-state index in [1.54, 1.807) is 4.90 Å². The average Bonchev–Trinajstić information content (AvgIpc) is 2.35. The smallest absolute Gasteiger partial charge is 0.394 e. The minimum absolute atomic E-state index is 0.00330. The van der Waals surface area contributed by atoms with Crippen molar-refractivity contribution in [3.8, 4) is 0 Å². The summed E-state index contributed by atoms with van der Waals surface area (Å²) in [5, 5.41) is 17.1. The lowest BCUT2D eigenvalue weighted by Gasteiger charge is -2.18. The van der Waals surface area contributed by atoms with Crippen LogP contribution in [0.4, 0.5) is 0 Å². The van der Waals surface area contributed by atoms with Gasteiger partial charge in [-0.3, -0.25) is 4.90 Å². The molecule has 0 radical (unpaired) electrons. The van der Waals surface area contributed by atoms with Gasteiger partial charge in [-0.05, 0) is 0 Å². The van der Waals surface area contributed by atoms with Crippen LogP contribution >= 0.6 is 8.25 Å². The van der Waals surface area contributed by atoms with Crippen LogP contribution in [0.5, 0.6) is 0 Å². The van der Waals surface area contributed by atoms with Crippen LogP contribution in [0.3, 0.4) is 0 Å². The lowest BCUT2D eigenvalue weighted by molar-refractivity contribution is 0.0261. The summed E-state index contributed by atoms with van der Waals surface area (Å²) in [6.07, 6.45) is 0. The summed E-state index contributed by atoms with van der Waals surface area (Å²) < 4.78 is 25.2. The molecular weight excluding hydrogens is 265 g/mol. The first-order valence-corrected chi connectivity index (χ1v) is 6.72. The predicted octanol–water partition coefficient (Wildman–Crippen LogP) is -1.07. The van der Waals surface area contributed by atoms with Crippen LogP contribution in [0.15, 0.2) is 0 Å². The second-order valence-corrected chi connectivity index (χ2v) is 4.02. The highest BCUT2D eigenvalue weighted by Gasteiger charge is 2.15. The zero-order valence-electron chi connectivity index (χ0n) is 10.2. The lowest BCUT2D eigenvalue weighted by Crippen LogP contribution is -2.32. The van der Waals surface area contributed by atoms with Crippen LogP contribution in [0.2, 0.25) is 0 Å². The molecule has 0 aliphatic rings. The Morgan fingerprint density at radius 2 is 1.44 bits per heavy atom. The zero-order valence-corrected chi connectivity index (χ0v) is 11.1. The van der Waals surface area contributed by atoms with E-state index in [4.69, 9.17) is 24.6 Å². The van der Waals surface area contributed by atoms with Crippen LogP contribution in [0, 0.1) is 0 Å². The highest BCUT2D eigenvalue weighted by molar-refractivity contribution is 7.32. The minimum Gasteiger partial charge on any atom is -0.394 e. The number of hydrogen-bond donors (Lipinski definition) is 3. The summed E-state index contributed by atoms with van der Waals surface area (Å²) in [6, 6.07) is 0. The molecule has 1 atom stereocenters. The number of rotatable bonds is 13. The zero-order chi connectivity index (χ0) is 13.6. The van der Waals surface area contributed by atoms with Crippen LogP contribution in [0.1, 0.15) is 0 Å². The molecule has 0 saturated heterocycles. The molecule has 9 heteroatoms. The van der Waals surface area contributed by atoms with Crippen molar-refractivity contribution < 1.29 is 33.7 Å². The van der Waals surface area contributed by atoms with Crippen molar-refractivity contribution in [1.82, 2.24) is 4.90 Å². The highest BCUT2D eigenvalue weighted by atomic mass is 31.1. The number of ether oxygens (including phenoxy) is 2. The summed E-state index contributed by atoms with van der Waals surface area (Å²) in [5.41, 5.74) is 0. The fraction of sp³-hybridized carbons (Fsp3) is 1.00. The average molecular weight is 286 g/mol. The summed E-state index contributed by atoms with van der Waals surface area (Å²) >= 11 is 0. The fourth-order valence-electron chi connectivity index (χ4n) is 1.09. The third-order valence-electron chi connectivity index (χ3n) is 1.93. The van der Waals surface area contributed by atoms with Gasteiger partial charge in [-0.1, -0.05) is 0 Å². The van der Waals surface area contributed by atoms with Gasteiger partial charge in [-0.25, -0.2) is 0 Å². The molecule has 1 unspecified atom stereocenters. The van der Waals surface area contributed by atoms with E-state index in [9.17, 15) is 4.57 Å². The van der Waals surface area contributed by atoms with Crippen LogP contribution < -0.4 is 0 Å². The van der Waals surface area contributed by atoms with Crippen molar-refractivity contribution >= 4 is 8.25 Å². The molecule has 0 aromatic carbocycles. The topological polar surface area (TPSA) is 109 Å². The number of nitrogens with zero attached hydrogens (tertiary/aromatic N) is 1. The molecule has 3 N–H and O–H groups in total. The molecule has 0 spiro atoms. The van der Waals surface area contributed by atoms with Crippen molar-refractivity contribution in [3.63, 3.8) is 0 Å². The van der Waals surface area contributed by atoms with E-state index in [1.165, 1.54) is 0 Å². The summed E-state index contributed by atoms with van der Waals surface area (Å²) in [4.78, 5) is 10.3. The molecule has 0 aromatic rings. The van der Waals surface area contributed by atoms with E-state index < -0.39 is 8.25 Å². The number of aliphatic hydroxyl groups is 2. The van der Waals surface area contributed by atoms with Crippen molar-refractivity contribution in [2.24, 2.45) is 0 Å². The summed E-state index contributed by atoms with van der Waals surface area (Å²) in [7, 11) is -2.63. The van der Waals surface area contributed by atoms with Crippen molar-refractivity contribution in [1.29, 1.82) is 0 Å². The molecular formula is C9H21NO7P+. The third kappa shape index (κ3) is 12.3. The van der Waals surface area contributed by atoms with Gasteiger partial charge in [0.25, 0.3) is 0 Å². The molecule has 0 saturated carbocycles. The molecule has 0 heterocycles. The Morgan fingerprint density at radius 1 is 0.944 bits per heavy atom. The first-order chi connectivity index (χ1) is 8.70. The summed E-state index contributed by atoms with van der Waals surface area (Å²) in [6.45, 7) is 2.16. The quantitative estimate of drug-likeness (QED) is 0.223. The molecule has 0 bridgehead atoms. The second kappa shape index (κ2) is 13.3. The van der Waals surface area contributed by atoms with Crippen LogP contribution in [-0.4, -0.2) is 79.5 Å². The van der Waals surface area contributed by atoms with Gasteiger partial charge in [0.05, 0.1) is 39.6 Å². The standard InChI is InChI=1S/C9H20NO7P/c11-3-7-15-5-1-10(9-17-18(13)14)2-6-16-8-4-12/h11-12H,1-9H2/p+1. The first kappa shape index (κ1) is 17.8. The monoisotopic (exact) mass is 286 g/mol. The molecule has 0 aromatic heterocycles. The molecule has 8 nitrogen and oxygen atoms in total. The summed E-state index contributed by atoms with van der Waals surface area (Å²) in [5.74, 6) is 0. The Kier molecular flexibility index (Phi) is 13.1. The molecule has 18 heavy (non-hydrogen) atoms. The Bertz CT molecular complexity index is 195. The van der Waals surface area contributed by atoms with Gasteiger partial charge in [0.1, 0.15) is 0 Å². The van der Waals surface area contributed by atoms with Gasteiger partial charge < -0.3 is 19.7 Å². The van der Waals surface area contributed by atoms with Gasteiger partial charge in [0, 0.05) is 17.7 Å². The Balaban J connectivity index is 3.73. The normalized spacial score (nSPS) is 12.1. The van der Waals surface area contributed by atoms with E-state index in [0.29, 0.717) is 26.3 Å². The SMILES string of the molecule is O=[P+](O)OCN(CCOCCO)CCOCCO. The molecule has 108 valence electrons. The Morgan fingerprint density at radius 3 is 1.83 bits per heavy atom. The molecule has 0 amide bonds. The maximum absolute atomic E-state index is 10.4. The highest BCUT2D eigenvalue weighted by Crippen LogP contribution is 2.14. The van der Waals surface area contributed by atoms with E-state index in [2.05, 4.69) is 4.52 Å². The van der Waals surface area contributed by atoms with Crippen molar-refractivity contribution in [2.75, 3.05) is 59.5 Å². The lowest BCUT2D eigenvalue weighted by atomic mass is 10.5. The first-order valence-electron chi connectivity index (χ1n) is 5.59. The Hall–Kier alpha value is -0.180. The van der Waals surface area contributed by atoms with E-state index in [-0.39, 0.29) is 33.2 Å². The third-order valence-corrected chi connectivity index (χ3v) is 2.26. The van der Waals surface area contributed by atoms with Gasteiger partial charge in [0.15, 0.2) is 6.73 Å². The Labute approximate surface area is 107 Å². The number of hydrogen-bond acceptors (Lipinski definition) is 7. The molecule has 0 rings (SSSR count). The van der Waals surface area contributed by atoms with Crippen molar-refractivity contribution in [3.05, 3.63) is 0 Å². The maximum atomic E-state index is 10.4. The maximum Gasteiger partial charge on any atom is 0.696 e. The van der Waals surface area contributed by atoms with Gasteiger partial charge in [-0.15, -0.1) is 9.42 Å². The van der Waals surface area contributed by atoms with E-state index in [0.717, 1.165) is 0 Å². The largest absolute Gasteiger partial charge is 0.696 e. The van der Waals surface area contributed by atoms with Gasteiger partial charge in [0.2, 0.25) is 0 Å². The van der Waals surface area contributed by atoms with Crippen molar-refractivity contribution in [2.45, 2.75) is 0 Å². The predicted molar refractivity (Wildman–Crippen MR) is 63.2 cm³/mol. The molecule has 0 aliphatic heterocycles. The molecule has 0 aliphatic carbocycles. The number of aliphatic hydroxyl groups excluding tert-OH is 2.